The lowest BCUT2D eigenvalue weighted by Gasteiger charge is -2.32. The van der Waals surface area contributed by atoms with E-state index in [-0.39, 0.29) is 17.7 Å². The number of nitrogens with one attached hydrogen (secondary N) is 1. The zero-order chi connectivity index (χ0) is 16.8. The van der Waals surface area contributed by atoms with E-state index in [9.17, 15) is 9.59 Å². The largest absolute Gasteiger partial charge is 0.497 e. The van der Waals surface area contributed by atoms with E-state index in [0.29, 0.717) is 11.3 Å². The first kappa shape index (κ1) is 17.3. The van der Waals surface area contributed by atoms with Gasteiger partial charge in [0.2, 0.25) is 5.91 Å². The van der Waals surface area contributed by atoms with E-state index in [1.165, 1.54) is 6.42 Å². The van der Waals surface area contributed by atoms with E-state index in [4.69, 9.17) is 4.74 Å². The summed E-state index contributed by atoms with van der Waals surface area (Å²) in [6, 6.07) is 6.41. The summed E-state index contributed by atoms with van der Waals surface area (Å²) in [6.07, 6.45) is 3.26. The number of carbonyl (C=O) groups is 2. The van der Waals surface area contributed by atoms with E-state index in [1.807, 2.05) is 18.7 Å². The summed E-state index contributed by atoms with van der Waals surface area (Å²) in [5.74, 6) is 0.552. The second kappa shape index (κ2) is 7.99. The number of hydrogen-bond donors (Lipinski definition) is 1. The Hall–Kier alpha value is -2.04. The fourth-order valence-electron chi connectivity index (χ4n) is 2.79. The predicted molar refractivity (Wildman–Crippen MR) is 89.5 cm³/mol. The lowest BCUT2D eigenvalue weighted by molar-refractivity contribution is -0.135. The summed E-state index contributed by atoms with van der Waals surface area (Å²) in [5.41, 5.74) is 0.530. The van der Waals surface area contributed by atoms with Crippen molar-refractivity contribution in [2.45, 2.75) is 39.2 Å². The lowest BCUT2D eigenvalue weighted by Crippen LogP contribution is -2.52. The van der Waals surface area contributed by atoms with Crippen molar-refractivity contribution in [2.75, 3.05) is 20.2 Å². The maximum Gasteiger partial charge on any atom is 0.251 e. The summed E-state index contributed by atoms with van der Waals surface area (Å²) >= 11 is 0. The Balaban J connectivity index is 2.05. The standard InChI is InChI=1S/C18H26N2O3/c1-13(2)16(18(22)20-11-5-4-6-12-20)19-17(21)14-7-9-15(23-3)10-8-14/h7-10,13,16H,4-6,11-12H2,1-3H3,(H,19,21)/t16-/m0/s1. The van der Waals surface area contributed by atoms with Crippen molar-refractivity contribution in [3.05, 3.63) is 29.8 Å². The van der Waals surface area contributed by atoms with Gasteiger partial charge in [-0.25, -0.2) is 0 Å². The SMILES string of the molecule is COc1ccc(C(=O)N[C@H](C(=O)N2CCCCC2)C(C)C)cc1. The van der Waals surface area contributed by atoms with Crippen LogP contribution in [0.1, 0.15) is 43.5 Å². The molecule has 126 valence electrons. The van der Waals surface area contributed by atoms with Crippen molar-refractivity contribution >= 4 is 11.8 Å². The van der Waals surface area contributed by atoms with Crippen LogP contribution in [0.3, 0.4) is 0 Å². The maximum atomic E-state index is 12.7. The van der Waals surface area contributed by atoms with Gasteiger partial charge in [-0.3, -0.25) is 9.59 Å². The Morgan fingerprint density at radius 2 is 1.70 bits per heavy atom. The maximum absolute atomic E-state index is 12.7. The topological polar surface area (TPSA) is 58.6 Å². The van der Waals surface area contributed by atoms with Crippen molar-refractivity contribution < 1.29 is 14.3 Å². The molecule has 0 radical (unpaired) electrons. The number of hydrogen-bond acceptors (Lipinski definition) is 3. The summed E-state index contributed by atoms with van der Waals surface area (Å²) in [5, 5.41) is 2.90. The van der Waals surface area contributed by atoms with E-state index < -0.39 is 6.04 Å². The molecule has 0 unspecified atom stereocenters. The Bertz CT molecular complexity index is 534. The average Bonchev–Trinajstić information content (AvgIpc) is 2.59. The summed E-state index contributed by atoms with van der Waals surface area (Å²) < 4.78 is 5.09. The second-order valence-electron chi connectivity index (χ2n) is 6.31. The molecule has 5 nitrogen and oxygen atoms in total. The average molecular weight is 318 g/mol. The first-order chi connectivity index (χ1) is 11.0. The molecule has 2 amide bonds. The van der Waals surface area contributed by atoms with Crippen LogP contribution in [-0.2, 0) is 4.79 Å². The Morgan fingerprint density at radius 3 is 2.22 bits per heavy atom. The minimum atomic E-state index is -0.484. The molecule has 23 heavy (non-hydrogen) atoms. The zero-order valence-electron chi connectivity index (χ0n) is 14.2. The van der Waals surface area contributed by atoms with Crippen LogP contribution in [-0.4, -0.2) is 43.0 Å². The first-order valence-corrected chi connectivity index (χ1v) is 8.26. The molecular formula is C18H26N2O3. The number of amides is 2. The smallest absolute Gasteiger partial charge is 0.251 e. The number of methoxy groups -OCH3 is 1. The van der Waals surface area contributed by atoms with E-state index in [1.54, 1.807) is 31.4 Å². The van der Waals surface area contributed by atoms with E-state index in [2.05, 4.69) is 5.32 Å². The van der Waals surface area contributed by atoms with Gasteiger partial charge in [-0.05, 0) is 49.4 Å². The highest BCUT2D eigenvalue weighted by Gasteiger charge is 2.29. The van der Waals surface area contributed by atoms with Gasteiger partial charge in [-0.15, -0.1) is 0 Å². The van der Waals surface area contributed by atoms with Gasteiger partial charge in [0.25, 0.3) is 5.91 Å². The van der Waals surface area contributed by atoms with Gasteiger partial charge in [0, 0.05) is 18.7 Å². The molecule has 0 aliphatic carbocycles. The first-order valence-electron chi connectivity index (χ1n) is 8.26. The Kier molecular flexibility index (Phi) is 6.02. The molecule has 1 aromatic rings. The highest BCUT2D eigenvalue weighted by molar-refractivity contribution is 5.97. The molecule has 1 atom stereocenters. The molecule has 1 aliphatic heterocycles. The number of nitrogens with zero attached hydrogens (tertiary/aromatic N) is 1. The van der Waals surface area contributed by atoms with Gasteiger partial charge in [0.1, 0.15) is 11.8 Å². The molecule has 2 rings (SSSR count). The minimum Gasteiger partial charge on any atom is -0.497 e. The molecule has 0 saturated carbocycles. The summed E-state index contributed by atoms with van der Waals surface area (Å²) in [4.78, 5) is 27.0. The highest BCUT2D eigenvalue weighted by atomic mass is 16.5. The highest BCUT2D eigenvalue weighted by Crippen LogP contribution is 2.15. The van der Waals surface area contributed by atoms with Crippen molar-refractivity contribution in [1.29, 1.82) is 0 Å². The predicted octanol–water partition coefficient (Wildman–Crippen LogP) is 2.46. The summed E-state index contributed by atoms with van der Waals surface area (Å²) in [6.45, 7) is 5.50. The zero-order valence-corrected chi connectivity index (χ0v) is 14.2. The molecule has 5 heteroatoms. The quantitative estimate of drug-likeness (QED) is 0.907. The number of benzene rings is 1. The number of ether oxygens (including phenoxy) is 1. The van der Waals surface area contributed by atoms with Crippen molar-refractivity contribution in [3.8, 4) is 5.75 Å². The van der Waals surface area contributed by atoms with Gasteiger partial charge < -0.3 is 15.0 Å². The molecule has 1 aromatic carbocycles. The van der Waals surface area contributed by atoms with Crippen LogP contribution in [0.15, 0.2) is 24.3 Å². The molecule has 1 saturated heterocycles. The molecule has 1 heterocycles. The van der Waals surface area contributed by atoms with Crippen LogP contribution in [0.2, 0.25) is 0 Å². The van der Waals surface area contributed by atoms with E-state index >= 15 is 0 Å². The molecule has 0 aromatic heterocycles. The van der Waals surface area contributed by atoms with Crippen LogP contribution >= 0.6 is 0 Å². The molecule has 1 N–H and O–H groups in total. The van der Waals surface area contributed by atoms with Gasteiger partial charge in [0.05, 0.1) is 7.11 Å². The minimum absolute atomic E-state index is 0.0292. The molecule has 1 aliphatic rings. The van der Waals surface area contributed by atoms with Gasteiger partial charge in [0.15, 0.2) is 0 Å². The third-order valence-electron chi connectivity index (χ3n) is 4.24. The van der Waals surface area contributed by atoms with Gasteiger partial charge in [-0.1, -0.05) is 13.8 Å². The Labute approximate surface area is 138 Å². The number of piperidine rings is 1. The van der Waals surface area contributed by atoms with Gasteiger partial charge in [-0.2, -0.15) is 0 Å². The van der Waals surface area contributed by atoms with Crippen LogP contribution in [0.25, 0.3) is 0 Å². The van der Waals surface area contributed by atoms with Crippen molar-refractivity contribution in [3.63, 3.8) is 0 Å². The van der Waals surface area contributed by atoms with Gasteiger partial charge >= 0.3 is 0 Å². The lowest BCUT2D eigenvalue weighted by atomic mass is 10.0. The third kappa shape index (κ3) is 4.47. The third-order valence-corrected chi connectivity index (χ3v) is 4.24. The van der Waals surface area contributed by atoms with Crippen LogP contribution < -0.4 is 10.1 Å². The Morgan fingerprint density at radius 1 is 1.09 bits per heavy atom. The fraction of sp³-hybridized carbons (Fsp3) is 0.556. The molecule has 0 spiro atoms. The van der Waals surface area contributed by atoms with Crippen LogP contribution in [0.4, 0.5) is 0 Å². The van der Waals surface area contributed by atoms with Crippen molar-refractivity contribution in [1.82, 2.24) is 10.2 Å². The van der Waals surface area contributed by atoms with Crippen molar-refractivity contribution in [2.24, 2.45) is 5.92 Å². The fourth-order valence-corrected chi connectivity index (χ4v) is 2.79. The monoisotopic (exact) mass is 318 g/mol. The van der Waals surface area contributed by atoms with Crippen LogP contribution in [0.5, 0.6) is 5.75 Å². The number of likely N-dealkylation sites (tertiary alicyclic amines) is 1. The normalized spacial score (nSPS) is 16.1. The molecular weight excluding hydrogens is 292 g/mol. The second-order valence-corrected chi connectivity index (χ2v) is 6.31. The summed E-state index contributed by atoms with van der Waals surface area (Å²) in [7, 11) is 1.58. The molecule has 1 fully saturated rings. The molecule has 0 bridgehead atoms. The number of carbonyl (C=O) groups excluding carboxylic acids is 2. The van der Waals surface area contributed by atoms with Crippen LogP contribution in [0, 0.1) is 5.92 Å². The van der Waals surface area contributed by atoms with E-state index in [0.717, 1.165) is 25.9 Å². The number of rotatable bonds is 5.